The molecule has 1 aromatic carbocycles. The van der Waals surface area contributed by atoms with E-state index in [0.29, 0.717) is 17.2 Å². The number of nitrogens with one attached hydrogen (secondary N) is 2. The minimum absolute atomic E-state index is 0.128. The zero-order valence-electron chi connectivity index (χ0n) is 17.5. The lowest BCUT2D eigenvalue weighted by Gasteiger charge is -2.20. The Labute approximate surface area is 180 Å². The highest BCUT2D eigenvalue weighted by Gasteiger charge is 2.26. The molecule has 4 rings (SSSR count). The first-order chi connectivity index (χ1) is 14.6. The summed E-state index contributed by atoms with van der Waals surface area (Å²) in [6.45, 7) is 2.05. The quantitative estimate of drug-likeness (QED) is 0.562. The minimum atomic E-state index is -0.275. The van der Waals surface area contributed by atoms with Crippen LogP contribution in [0.5, 0.6) is 11.5 Å². The molecule has 7 heteroatoms. The number of fused-ring (bicyclic) bond motifs is 1. The molecule has 0 saturated heterocycles. The van der Waals surface area contributed by atoms with Crippen LogP contribution in [0.25, 0.3) is 5.00 Å². The van der Waals surface area contributed by atoms with Gasteiger partial charge in [-0.05, 0) is 62.4 Å². The summed E-state index contributed by atoms with van der Waals surface area (Å²) in [4.78, 5) is 14.3. The molecule has 0 aliphatic heterocycles. The summed E-state index contributed by atoms with van der Waals surface area (Å²) in [6, 6.07) is 8.98. The van der Waals surface area contributed by atoms with Crippen molar-refractivity contribution in [3.05, 3.63) is 58.7 Å². The van der Waals surface area contributed by atoms with E-state index in [1.165, 1.54) is 33.8 Å². The van der Waals surface area contributed by atoms with E-state index >= 15 is 0 Å². The summed E-state index contributed by atoms with van der Waals surface area (Å²) in [6.07, 6.45) is 8.75. The number of hydrogen-bond donors (Lipinski definition) is 2. The third kappa shape index (κ3) is 4.03. The number of aryl methyl sites for hydroxylation is 1. The van der Waals surface area contributed by atoms with E-state index in [-0.39, 0.29) is 12.1 Å². The molecular formula is C23H27N3O3S. The number of rotatable bonds is 6. The average Bonchev–Trinajstić information content (AvgIpc) is 3.41. The molecule has 1 aliphatic carbocycles. The van der Waals surface area contributed by atoms with Gasteiger partial charge in [-0.2, -0.15) is 0 Å². The molecule has 1 aliphatic rings. The lowest BCUT2D eigenvalue weighted by atomic mass is 9.93. The van der Waals surface area contributed by atoms with Crippen LogP contribution in [0.1, 0.15) is 41.8 Å². The van der Waals surface area contributed by atoms with Gasteiger partial charge < -0.3 is 24.7 Å². The highest BCUT2D eigenvalue weighted by molar-refractivity contribution is 7.15. The van der Waals surface area contributed by atoms with Crippen molar-refractivity contribution >= 4 is 23.1 Å². The van der Waals surface area contributed by atoms with Gasteiger partial charge in [0.1, 0.15) is 16.5 Å². The summed E-state index contributed by atoms with van der Waals surface area (Å²) in [7, 11) is 3.17. The van der Waals surface area contributed by atoms with Gasteiger partial charge in [0, 0.05) is 28.9 Å². The maximum absolute atomic E-state index is 12.8. The first kappa shape index (κ1) is 20.3. The molecule has 2 amide bonds. The largest absolute Gasteiger partial charge is 0.497 e. The van der Waals surface area contributed by atoms with Crippen molar-refractivity contribution in [1.29, 1.82) is 0 Å². The number of hydrogen-bond acceptors (Lipinski definition) is 4. The zero-order valence-corrected chi connectivity index (χ0v) is 18.3. The maximum atomic E-state index is 12.8. The van der Waals surface area contributed by atoms with Gasteiger partial charge in [0.25, 0.3) is 0 Å². The Hall–Kier alpha value is -2.93. The van der Waals surface area contributed by atoms with Gasteiger partial charge in [0.2, 0.25) is 0 Å². The van der Waals surface area contributed by atoms with E-state index in [0.717, 1.165) is 12.8 Å². The van der Waals surface area contributed by atoms with Crippen molar-refractivity contribution in [2.24, 2.45) is 0 Å². The summed E-state index contributed by atoms with van der Waals surface area (Å²) < 4.78 is 12.8. The predicted octanol–water partition coefficient (Wildman–Crippen LogP) is 5.32. The summed E-state index contributed by atoms with van der Waals surface area (Å²) in [5.41, 5.74) is 3.19. The summed E-state index contributed by atoms with van der Waals surface area (Å²) in [5.74, 6) is 1.24. The number of urea groups is 1. The molecule has 3 aromatic rings. The van der Waals surface area contributed by atoms with E-state index in [9.17, 15) is 4.79 Å². The zero-order chi connectivity index (χ0) is 21.1. The number of anilines is 1. The number of ether oxygens (including phenoxy) is 2. The Morgan fingerprint density at radius 2 is 1.90 bits per heavy atom. The fraction of sp³-hybridized carbons (Fsp3) is 0.348. The monoisotopic (exact) mass is 425 g/mol. The second kappa shape index (κ2) is 8.83. The molecule has 2 aromatic heterocycles. The molecule has 158 valence electrons. The van der Waals surface area contributed by atoms with Crippen molar-refractivity contribution in [3.63, 3.8) is 0 Å². The van der Waals surface area contributed by atoms with Crippen molar-refractivity contribution < 1.29 is 14.3 Å². The molecular weight excluding hydrogens is 398 g/mol. The normalized spacial score (nSPS) is 14.0. The highest BCUT2D eigenvalue weighted by atomic mass is 32.1. The third-order valence-electron chi connectivity index (χ3n) is 5.47. The molecule has 0 unspecified atom stereocenters. The molecule has 0 saturated carbocycles. The third-order valence-corrected chi connectivity index (χ3v) is 6.79. The molecule has 2 heterocycles. The SMILES string of the molecule is COc1ccc(OC)c(NC(=O)N[C@H](C)c2c(-n3cccc3)sc3c2CCCC3)c1. The van der Waals surface area contributed by atoms with Gasteiger partial charge in [-0.1, -0.05) is 0 Å². The number of carbonyl (C=O) groups is 1. The van der Waals surface area contributed by atoms with Crippen LogP contribution in [0.4, 0.5) is 10.5 Å². The van der Waals surface area contributed by atoms with Crippen LogP contribution in [0.3, 0.4) is 0 Å². The molecule has 6 nitrogen and oxygen atoms in total. The first-order valence-electron chi connectivity index (χ1n) is 10.2. The van der Waals surface area contributed by atoms with E-state index in [1.54, 1.807) is 32.4 Å². The van der Waals surface area contributed by atoms with Gasteiger partial charge in [0.05, 0.1) is 25.9 Å². The number of methoxy groups -OCH3 is 2. The molecule has 30 heavy (non-hydrogen) atoms. The van der Waals surface area contributed by atoms with Crippen LogP contribution in [0.2, 0.25) is 0 Å². The summed E-state index contributed by atoms with van der Waals surface area (Å²) in [5, 5.41) is 7.22. The van der Waals surface area contributed by atoms with Gasteiger partial charge in [-0.25, -0.2) is 4.79 Å². The Morgan fingerprint density at radius 1 is 1.13 bits per heavy atom. The molecule has 2 N–H and O–H groups in total. The molecule has 1 atom stereocenters. The number of thiophene rings is 1. The van der Waals surface area contributed by atoms with E-state index < -0.39 is 0 Å². The van der Waals surface area contributed by atoms with Crippen LogP contribution in [-0.2, 0) is 12.8 Å². The van der Waals surface area contributed by atoms with E-state index in [4.69, 9.17) is 9.47 Å². The second-order valence-electron chi connectivity index (χ2n) is 7.41. The highest BCUT2D eigenvalue weighted by Crippen LogP contribution is 2.40. The Morgan fingerprint density at radius 3 is 2.63 bits per heavy atom. The maximum Gasteiger partial charge on any atom is 0.319 e. The average molecular weight is 426 g/mol. The molecule has 0 radical (unpaired) electrons. The van der Waals surface area contributed by atoms with Gasteiger partial charge in [-0.3, -0.25) is 0 Å². The summed E-state index contributed by atoms with van der Waals surface area (Å²) >= 11 is 1.84. The first-order valence-corrected chi connectivity index (χ1v) is 11.0. The number of benzene rings is 1. The number of nitrogens with zero attached hydrogens (tertiary/aromatic N) is 1. The predicted molar refractivity (Wildman–Crippen MR) is 120 cm³/mol. The van der Waals surface area contributed by atoms with Crippen LogP contribution < -0.4 is 20.1 Å². The van der Waals surface area contributed by atoms with Crippen molar-refractivity contribution in [2.45, 2.75) is 38.6 Å². The Bertz CT molecular complexity index is 1030. The Balaban J connectivity index is 1.58. The molecule has 0 spiro atoms. The smallest absolute Gasteiger partial charge is 0.319 e. The van der Waals surface area contributed by atoms with Crippen LogP contribution >= 0.6 is 11.3 Å². The van der Waals surface area contributed by atoms with Crippen molar-refractivity contribution in [3.8, 4) is 16.5 Å². The van der Waals surface area contributed by atoms with Gasteiger partial charge in [-0.15, -0.1) is 11.3 Å². The lowest BCUT2D eigenvalue weighted by Crippen LogP contribution is -2.32. The standard InChI is InChI=1S/C23H27N3O3S/c1-15(24-23(27)25-18-14-16(28-2)10-11-19(18)29-3)21-17-8-4-5-9-20(17)30-22(21)26-12-6-7-13-26/h6-7,10-15H,4-5,8-9H2,1-3H3,(H2,24,25,27)/t15-/m1/s1. The topological polar surface area (TPSA) is 64.5 Å². The number of amides is 2. The van der Waals surface area contributed by atoms with Crippen molar-refractivity contribution in [1.82, 2.24) is 9.88 Å². The number of carbonyl (C=O) groups excluding carboxylic acids is 1. The van der Waals surface area contributed by atoms with Crippen molar-refractivity contribution in [2.75, 3.05) is 19.5 Å². The van der Waals surface area contributed by atoms with Crippen LogP contribution in [-0.4, -0.2) is 24.8 Å². The molecule has 0 fully saturated rings. The van der Waals surface area contributed by atoms with Gasteiger partial charge in [0.15, 0.2) is 0 Å². The minimum Gasteiger partial charge on any atom is -0.497 e. The van der Waals surface area contributed by atoms with Crippen LogP contribution in [0.15, 0.2) is 42.7 Å². The molecule has 0 bridgehead atoms. The fourth-order valence-electron chi connectivity index (χ4n) is 4.02. The second-order valence-corrected chi connectivity index (χ2v) is 8.49. The number of aromatic nitrogens is 1. The van der Waals surface area contributed by atoms with E-state index in [2.05, 4.69) is 27.6 Å². The van der Waals surface area contributed by atoms with E-state index in [1.807, 2.05) is 30.4 Å². The Kier molecular flexibility index (Phi) is 5.99. The fourth-order valence-corrected chi connectivity index (χ4v) is 5.48. The van der Waals surface area contributed by atoms with Crippen LogP contribution in [0, 0.1) is 0 Å². The lowest BCUT2D eigenvalue weighted by molar-refractivity contribution is 0.249. The van der Waals surface area contributed by atoms with Gasteiger partial charge >= 0.3 is 6.03 Å².